The summed E-state index contributed by atoms with van der Waals surface area (Å²) in [6.07, 6.45) is 5.88. The summed E-state index contributed by atoms with van der Waals surface area (Å²) in [5.41, 5.74) is 2.30. The van der Waals surface area contributed by atoms with Gasteiger partial charge in [-0.25, -0.2) is 0 Å². The van der Waals surface area contributed by atoms with E-state index < -0.39 is 0 Å². The van der Waals surface area contributed by atoms with E-state index >= 15 is 0 Å². The van der Waals surface area contributed by atoms with Gasteiger partial charge in [0.2, 0.25) is 5.91 Å². The number of aryl methyl sites for hydroxylation is 1. The molecule has 3 heteroatoms. The van der Waals surface area contributed by atoms with Crippen LogP contribution in [0, 0.1) is 6.92 Å². The molecule has 0 N–H and O–H groups in total. The first-order valence-electron chi connectivity index (χ1n) is 7.30. The minimum Gasteiger partial charge on any atom is -0.331 e. The number of carbonyl (C=O) groups is 1. The zero-order chi connectivity index (χ0) is 14.7. The molecule has 0 unspecified atom stereocenters. The number of nitrogens with zero attached hydrogens (tertiary/aromatic N) is 1. The number of rotatable bonds is 5. The Morgan fingerprint density at radius 2 is 2.05 bits per heavy atom. The Morgan fingerprint density at radius 3 is 2.67 bits per heavy atom. The zero-order valence-corrected chi connectivity index (χ0v) is 13.0. The number of benzene rings is 1. The van der Waals surface area contributed by atoms with Crippen molar-refractivity contribution < 1.29 is 4.79 Å². The first-order valence-corrected chi connectivity index (χ1v) is 8.18. The molecule has 2 aromatic rings. The fraction of sp³-hybridized carbons (Fsp3) is 0.278. The molecule has 1 fully saturated rings. The molecule has 0 radical (unpaired) electrons. The summed E-state index contributed by atoms with van der Waals surface area (Å²) in [5, 5.41) is 2.06. The molecule has 2 nitrogen and oxygen atoms in total. The average Bonchev–Trinajstić information content (AvgIpc) is 3.20. The van der Waals surface area contributed by atoms with Crippen molar-refractivity contribution in [2.75, 3.05) is 0 Å². The largest absolute Gasteiger partial charge is 0.331 e. The third-order valence-electron chi connectivity index (χ3n) is 3.67. The summed E-state index contributed by atoms with van der Waals surface area (Å²) < 4.78 is 0. The minimum absolute atomic E-state index is 0.117. The maximum Gasteiger partial charge on any atom is 0.247 e. The number of hydrogen-bond donors (Lipinski definition) is 0. The monoisotopic (exact) mass is 297 g/mol. The lowest BCUT2D eigenvalue weighted by Crippen LogP contribution is -2.30. The van der Waals surface area contributed by atoms with Crippen molar-refractivity contribution >= 4 is 23.3 Å². The Labute approximate surface area is 129 Å². The predicted octanol–water partition coefficient (Wildman–Crippen LogP) is 4.26. The smallest absolute Gasteiger partial charge is 0.247 e. The van der Waals surface area contributed by atoms with Crippen molar-refractivity contribution in [3.05, 3.63) is 63.9 Å². The van der Waals surface area contributed by atoms with E-state index in [1.807, 2.05) is 29.2 Å². The summed E-state index contributed by atoms with van der Waals surface area (Å²) in [5.74, 6) is 0.117. The van der Waals surface area contributed by atoms with Crippen molar-refractivity contribution in [2.24, 2.45) is 0 Å². The van der Waals surface area contributed by atoms with Crippen molar-refractivity contribution in [2.45, 2.75) is 32.4 Å². The van der Waals surface area contributed by atoms with Gasteiger partial charge < -0.3 is 4.90 Å². The highest BCUT2D eigenvalue weighted by Gasteiger charge is 2.31. The second-order valence-corrected chi connectivity index (χ2v) is 6.55. The third kappa shape index (κ3) is 3.82. The van der Waals surface area contributed by atoms with Gasteiger partial charge in [-0.3, -0.25) is 4.79 Å². The first-order chi connectivity index (χ1) is 10.2. The van der Waals surface area contributed by atoms with Crippen molar-refractivity contribution in [3.8, 4) is 0 Å². The van der Waals surface area contributed by atoms with Crippen LogP contribution < -0.4 is 0 Å². The lowest BCUT2D eigenvalue weighted by atomic mass is 10.1. The van der Waals surface area contributed by atoms with Crippen LogP contribution in [0.15, 0.2) is 47.9 Å². The summed E-state index contributed by atoms with van der Waals surface area (Å²) >= 11 is 1.71. The lowest BCUT2D eigenvalue weighted by Gasteiger charge is -2.19. The second-order valence-electron chi connectivity index (χ2n) is 5.52. The Hall–Kier alpha value is -1.87. The van der Waals surface area contributed by atoms with Gasteiger partial charge in [0.05, 0.1) is 6.54 Å². The second kappa shape index (κ2) is 6.27. The van der Waals surface area contributed by atoms with Crippen molar-refractivity contribution in [1.29, 1.82) is 0 Å². The maximum absolute atomic E-state index is 12.4. The zero-order valence-electron chi connectivity index (χ0n) is 12.2. The van der Waals surface area contributed by atoms with E-state index in [0.717, 1.165) is 24.9 Å². The molecule has 1 aromatic carbocycles. The van der Waals surface area contributed by atoms with Gasteiger partial charge in [0.1, 0.15) is 0 Å². The SMILES string of the molecule is Cc1ccc(/C=C/C(=O)N(Cc2cccs2)C2CC2)cc1. The summed E-state index contributed by atoms with van der Waals surface area (Å²) in [6.45, 7) is 2.80. The van der Waals surface area contributed by atoms with Gasteiger partial charge in [-0.05, 0) is 42.9 Å². The minimum atomic E-state index is 0.117. The molecule has 108 valence electrons. The van der Waals surface area contributed by atoms with Crippen LogP contribution in [-0.2, 0) is 11.3 Å². The molecule has 3 rings (SSSR count). The first kappa shape index (κ1) is 14.1. The fourth-order valence-electron chi connectivity index (χ4n) is 2.28. The molecule has 21 heavy (non-hydrogen) atoms. The normalized spacial score (nSPS) is 14.5. The van der Waals surface area contributed by atoms with E-state index in [-0.39, 0.29) is 5.91 Å². The number of thiophene rings is 1. The van der Waals surface area contributed by atoms with Crippen LogP contribution in [0.3, 0.4) is 0 Å². The molecule has 0 saturated heterocycles. The number of amides is 1. The number of hydrogen-bond acceptors (Lipinski definition) is 2. The van der Waals surface area contributed by atoms with Crippen LogP contribution in [0.5, 0.6) is 0 Å². The maximum atomic E-state index is 12.4. The van der Waals surface area contributed by atoms with Crippen LogP contribution in [0.25, 0.3) is 6.08 Å². The molecule has 1 aliphatic rings. The highest BCUT2D eigenvalue weighted by Crippen LogP contribution is 2.29. The van der Waals surface area contributed by atoms with E-state index in [1.165, 1.54) is 10.4 Å². The van der Waals surface area contributed by atoms with Gasteiger partial charge in [-0.1, -0.05) is 35.9 Å². The molecule has 1 heterocycles. The molecule has 0 aliphatic heterocycles. The summed E-state index contributed by atoms with van der Waals surface area (Å²) in [6, 6.07) is 12.8. The van der Waals surface area contributed by atoms with Gasteiger partial charge in [-0.2, -0.15) is 0 Å². The van der Waals surface area contributed by atoms with E-state index in [2.05, 4.69) is 30.5 Å². The molecule has 0 atom stereocenters. The van der Waals surface area contributed by atoms with E-state index in [1.54, 1.807) is 17.4 Å². The standard InChI is InChI=1S/C18H19NOS/c1-14-4-6-15(7-5-14)8-11-18(20)19(16-9-10-16)13-17-3-2-12-21-17/h2-8,11-12,16H,9-10,13H2,1H3/b11-8+. The van der Waals surface area contributed by atoms with E-state index in [9.17, 15) is 4.79 Å². The quantitative estimate of drug-likeness (QED) is 0.755. The van der Waals surface area contributed by atoms with Crippen molar-refractivity contribution in [1.82, 2.24) is 4.90 Å². The predicted molar refractivity (Wildman–Crippen MR) is 88.1 cm³/mol. The van der Waals surface area contributed by atoms with E-state index in [4.69, 9.17) is 0 Å². The fourth-order valence-corrected chi connectivity index (χ4v) is 2.99. The van der Waals surface area contributed by atoms with Crippen molar-refractivity contribution in [3.63, 3.8) is 0 Å². The highest BCUT2D eigenvalue weighted by molar-refractivity contribution is 7.09. The Bertz CT molecular complexity index is 624. The van der Waals surface area contributed by atoms with Crippen LogP contribution >= 0.6 is 11.3 Å². The topological polar surface area (TPSA) is 20.3 Å². The van der Waals surface area contributed by atoms with Gasteiger partial charge in [0, 0.05) is 17.0 Å². The molecule has 0 spiro atoms. The van der Waals surface area contributed by atoms with Gasteiger partial charge in [-0.15, -0.1) is 11.3 Å². The Balaban J connectivity index is 1.68. The van der Waals surface area contributed by atoms with Crippen LogP contribution in [0.2, 0.25) is 0 Å². The van der Waals surface area contributed by atoms with Gasteiger partial charge >= 0.3 is 0 Å². The molecular weight excluding hydrogens is 278 g/mol. The highest BCUT2D eigenvalue weighted by atomic mass is 32.1. The molecule has 1 saturated carbocycles. The molecule has 1 amide bonds. The van der Waals surface area contributed by atoms with E-state index in [0.29, 0.717) is 6.04 Å². The lowest BCUT2D eigenvalue weighted by molar-refractivity contribution is -0.127. The average molecular weight is 297 g/mol. The summed E-state index contributed by atoms with van der Waals surface area (Å²) in [7, 11) is 0. The van der Waals surface area contributed by atoms with Gasteiger partial charge in [0.15, 0.2) is 0 Å². The molecule has 1 aromatic heterocycles. The summed E-state index contributed by atoms with van der Waals surface area (Å²) in [4.78, 5) is 15.7. The Morgan fingerprint density at radius 1 is 1.29 bits per heavy atom. The van der Waals surface area contributed by atoms with Gasteiger partial charge in [0.25, 0.3) is 0 Å². The Kier molecular flexibility index (Phi) is 4.20. The third-order valence-corrected chi connectivity index (χ3v) is 4.53. The molecule has 1 aliphatic carbocycles. The molecular formula is C18H19NOS. The van der Waals surface area contributed by atoms with Crippen LogP contribution in [0.4, 0.5) is 0 Å². The van der Waals surface area contributed by atoms with Crippen LogP contribution in [-0.4, -0.2) is 16.8 Å². The van der Waals surface area contributed by atoms with Crippen LogP contribution in [0.1, 0.15) is 28.8 Å². The number of carbonyl (C=O) groups excluding carboxylic acids is 1. The molecule has 0 bridgehead atoms.